The number of sulfone groups is 1. The first kappa shape index (κ1) is 17.9. The van der Waals surface area contributed by atoms with E-state index in [-0.39, 0.29) is 5.16 Å². The summed E-state index contributed by atoms with van der Waals surface area (Å²) in [5, 5.41) is 0.559. The second kappa shape index (κ2) is 6.77. The van der Waals surface area contributed by atoms with Crippen LogP contribution in [-0.2, 0) is 9.84 Å². The Balaban J connectivity index is 2.09. The standard InChI is InChI=1S/C18H20ClN3O2S/c1-12(2)10-22-11-15(13-4-6-16(19)7-5-13)8-14-9-20-18(21-17(14)22)25(3,23)24/h4-9,12H,10-11H2,1-3H3. The van der Waals surface area contributed by atoms with E-state index < -0.39 is 9.84 Å². The van der Waals surface area contributed by atoms with Crippen LogP contribution in [0.4, 0.5) is 5.82 Å². The molecule has 0 fully saturated rings. The Morgan fingerprint density at radius 3 is 2.52 bits per heavy atom. The molecule has 2 heterocycles. The van der Waals surface area contributed by atoms with E-state index in [1.807, 2.05) is 30.3 Å². The molecule has 0 saturated heterocycles. The summed E-state index contributed by atoms with van der Waals surface area (Å²) in [7, 11) is -3.44. The van der Waals surface area contributed by atoms with Gasteiger partial charge in [-0.1, -0.05) is 37.6 Å². The maximum Gasteiger partial charge on any atom is 0.248 e. The predicted octanol–water partition coefficient (Wildman–Crippen LogP) is 3.55. The molecule has 5 nitrogen and oxygen atoms in total. The number of fused-ring (bicyclic) bond motifs is 1. The van der Waals surface area contributed by atoms with E-state index in [4.69, 9.17) is 11.6 Å². The highest BCUT2D eigenvalue weighted by atomic mass is 35.5. The fourth-order valence-electron chi connectivity index (χ4n) is 2.84. The Morgan fingerprint density at radius 2 is 1.92 bits per heavy atom. The van der Waals surface area contributed by atoms with Crippen LogP contribution in [0.15, 0.2) is 35.6 Å². The van der Waals surface area contributed by atoms with Gasteiger partial charge in [0.1, 0.15) is 5.82 Å². The van der Waals surface area contributed by atoms with Crippen LogP contribution in [0.3, 0.4) is 0 Å². The van der Waals surface area contributed by atoms with Crippen molar-refractivity contribution in [3.8, 4) is 0 Å². The first-order chi connectivity index (χ1) is 11.7. The van der Waals surface area contributed by atoms with Crippen LogP contribution < -0.4 is 4.90 Å². The van der Waals surface area contributed by atoms with Crippen LogP contribution in [-0.4, -0.2) is 37.7 Å². The minimum atomic E-state index is -3.44. The predicted molar refractivity (Wildman–Crippen MR) is 102 cm³/mol. The molecule has 7 heteroatoms. The van der Waals surface area contributed by atoms with Gasteiger partial charge in [0, 0.05) is 36.1 Å². The molecular formula is C18H20ClN3O2S. The first-order valence-corrected chi connectivity index (χ1v) is 10.3. The zero-order valence-electron chi connectivity index (χ0n) is 14.4. The molecule has 3 rings (SSSR count). The molecule has 25 heavy (non-hydrogen) atoms. The minimum Gasteiger partial charge on any atom is -0.351 e. The molecule has 0 amide bonds. The molecule has 1 aliphatic rings. The summed E-state index contributed by atoms with van der Waals surface area (Å²) in [5.41, 5.74) is 3.03. The largest absolute Gasteiger partial charge is 0.351 e. The van der Waals surface area contributed by atoms with Crippen LogP contribution in [0.25, 0.3) is 11.6 Å². The molecule has 0 atom stereocenters. The average Bonchev–Trinajstić information content (AvgIpc) is 2.53. The summed E-state index contributed by atoms with van der Waals surface area (Å²) >= 11 is 5.98. The van der Waals surface area contributed by atoms with Crippen LogP contribution >= 0.6 is 11.6 Å². The van der Waals surface area contributed by atoms with Gasteiger partial charge in [0.2, 0.25) is 15.0 Å². The van der Waals surface area contributed by atoms with Crippen molar-refractivity contribution in [3.63, 3.8) is 0 Å². The normalized spacial score (nSPS) is 14.4. The summed E-state index contributed by atoms with van der Waals surface area (Å²) in [6.07, 6.45) is 4.72. The quantitative estimate of drug-likeness (QED) is 0.762. The third-order valence-corrected chi connectivity index (χ3v) is 5.01. The number of hydrogen-bond acceptors (Lipinski definition) is 5. The van der Waals surface area contributed by atoms with E-state index in [1.165, 1.54) is 0 Å². The van der Waals surface area contributed by atoms with Crippen molar-refractivity contribution in [2.75, 3.05) is 24.2 Å². The number of aromatic nitrogens is 2. The smallest absolute Gasteiger partial charge is 0.248 e. The number of rotatable bonds is 4. The van der Waals surface area contributed by atoms with Crippen molar-refractivity contribution in [2.24, 2.45) is 5.92 Å². The molecular weight excluding hydrogens is 358 g/mol. The second-order valence-electron chi connectivity index (χ2n) is 6.65. The summed E-state index contributed by atoms with van der Waals surface area (Å²) < 4.78 is 23.6. The van der Waals surface area contributed by atoms with Gasteiger partial charge in [-0.2, -0.15) is 0 Å². The van der Waals surface area contributed by atoms with E-state index in [0.29, 0.717) is 23.3 Å². The lowest BCUT2D eigenvalue weighted by molar-refractivity contribution is 0.590. The summed E-state index contributed by atoms with van der Waals surface area (Å²) in [6, 6.07) is 7.70. The van der Waals surface area contributed by atoms with Crippen molar-refractivity contribution >= 4 is 38.9 Å². The van der Waals surface area contributed by atoms with Crippen LogP contribution in [0.2, 0.25) is 5.02 Å². The number of halogens is 1. The highest BCUT2D eigenvalue weighted by Crippen LogP contribution is 2.32. The van der Waals surface area contributed by atoms with E-state index in [9.17, 15) is 8.42 Å². The Kier molecular flexibility index (Phi) is 4.84. The lowest BCUT2D eigenvalue weighted by atomic mass is 9.99. The van der Waals surface area contributed by atoms with Crippen LogP contribution in [0.1, 0.15) is 25.0 Å². The summed E-state index contributed by atoms with van der Waals surface area (Å²) in [5.74, 6) is 1.08. The van der Waals surface area contributed by atoms with Gasteiger partial charge in [-0.05, 0) is 35.3 Å². The zero-order chi connectivity index (χ0) is 18.2. The monoisotopic (exact) mass is 377 g/mol. The lowest BCUT2D eigenvalue weighted by Crippen LogP contribution is -2.33. The van der Waals surface area contributed by atoms with Gasteiger partial charge in [0.15, 0.2) is 0 Å². The molecule has 0 spiro atoms. The molecule has 0 bridgehead atoms. The topological polar surface area (TPSA) is 63.2 Å². The zero-order valence-corrected chi connectivity index (χ0v) is 16.0. The molecule has 1 aromatic carbocycles. The summed E-state index contributed by atoms with van der Waals surface area (Å²) in [6.45, 7) is 5.68. The third kappa shape index (κ3) is 4.02. The molecule has 0 radical (unpaired) electrons. The molecule has 0 saturated carbocycles. The van der Waals surface area contributed by atoms with Gasteiger partial charge >= 0.3 is 0 Å². The Morgan fingerprint density at radius 1 is 1.24 bits per heavy atom. The van der Waals surface area contributed by atoms with Crippen molar-refractivity contribution in [1.29, 1.82) is 0 Å². The molecule has 0 unspecified atom stereocenters. The number of anilines is 1. The van der Waals surface area contributed by atoms with Crippen molar-refractivity contribution in [1.82, 2.24) is 9.97 Å². The Labute approximate surface area is 153 Å². The van der Waals surface area contributed by atoms with E-state index in [1.54, 1.807) is 6.20 Å². The molecule has 1 aromatic heterocycles. The van der Waals surface area contributed by atoms with Gasteiger partial charge in [-0.15, -0.1) is 0 Å². The Bertz CT molecular complexity index is 922. The van der Waals surface area contributed by atoms with Gasteiger partial charge in [0.05, 0.1) is 0 Å². The first-order valence-electron chi connectivity index (χ1n) is 8.02. The van der Waals surface area contributed by atoms with Gasteiger partial charge in [-0.3, -0.25) is 0 Å². The molecule has 0 N–H and O–H groups in total. The molecule has 132 valence electrons. The number of benzene rings is 1. The van der Waals surface area contributed by atoms with Gasteiger partial charge < -0.3 is 4.90 Å². The van der Waals surface area contributed by atoms with Crippen LogP contribution in [0.5, 0.6) is 0 Å². The second-order valence-corrected chi connectivity index (χ2v) is 9.00. The van der Waals surface area contributed by atoms with E-state index in [2.05, 4.69) is 28.7 Å². The van der Waals surface area contributed by atoms with Crippen molar-refractivity contribution in [3.05, 3.63) is 46.6 Å². The van der Waals surface area contributed by atoms with Crippen molar-refractivity contribution in [2.45, 2.75) is 19.0 Å². The number of nitrogens with zero attached hydrogens (tertiary/aromatic N) is 3. The van der Waals surface area contributed by atoms with Gasteiger partial charge in [0.25, 0.3) is 0 Å². The van der Waals surface area contributed by atoms with Crippen LogP contribution in [0, 0.1) is 5.92 Å². The lowest BCUT2D eigenvalue weighted by Gasteiger charge is -2.31. The molecule has 0 aliphatic carbocycles. The highest BCUT2D eigenvalue weighted by Gasteiger charge is 2.24. The minimum absolute atomic E-state index is 0.136. The molecule has 2 aromatic rings. The van der Waals surface area contributed by atoms with E-state index >= 15 is 0 Å². The fourth-order valence-corrected chi connectivity index (χ4v) is 3.47. The summed E-state index contributed by atoms with van der Waals surface area (Å²) in [4.78, 5) is 10.5. The third-order valence-electron chi connectivity index (χ3n) is 3.90. The van der Waals surface area contributed by atoms with Gasteiger partial charge in [-0.25, -0.2) is 18.4 Å². The highest BCUT2D eigenvalue weighted by molar-refractivity contribution is 7.90. The molecule has 1 aliphatic heterocycles. The van der Waals surface area contributed by atoms with Crippen molar-refractivity contribution < 1.29 is 8.42 Å². The maximum absolute atomic E-state index is 11.8. The van der Waals surface area contributed by atoms with E-state index in [0.717, 1.165) is 29.5 Å². The Hall–Kier alpha value is -1.92. The average molecular weight is 378 g/mol. The SMILES string of the molecule is CC(C)CN1CC(c2ccc(Cl)cc2)=Cc2cnc(S(C)(=O)=O)nc21. The fraction of sp³-hybridized carbons (Fsp3) is 0.333. The number of hydrogen-bond donors (Lipinski definition) is 0. The maximum atomic E-state index is 11.8.